The molecule has 1 aliphatic rings. The molecule has 0 bridgehead atoms. The van der Waals surface area contributed by atoms with Gasteiger partial charge in [0.05, 0.1) is 16.7 Å². The van der Waals surface area contributed by atoms with Crippen LogP contribution < -0.4 is 0 Å². The van der Waals surface area contributed by atoms with E-state index in [1.807, 2.05) is 6.92 Å². The van der Waals surface area contributed by atoms with Crippen LogP contribution in [0.15, 0.2) is 18.2 Å². The summed E-state index contributed by atoms with van der Waals surface area (Å²) < 4.78 is 19.5. The highest BCUT2D eigenvalue weighted by Gasteiger charge is 2.38. The zero-order valence-electron chi connectivity index (χ0n) is 12.6. The molecule has 1 aromatic rings. The zero-order valence-corrected chi connectivity index (χ0v) is 13.3. The standard InChI is InChI=1S/C17H24ClFO2/c1-2-21-17(9-5-3-4-6-10-17)16(20)12-13-7-8-14(18)15(19)11-13/h7-8,11,16,20H,2-6,9-10,12H2,1H3. The van der Waals surface area contributed by atoms with E-state index in [9.17, 15) is 9.50 Å². The van der Waals surface area contributed by atoms with Crippen LogP contribution >= 0.6 is 11.6 Å². The monoisotopic (exact) mass is 314 g/mol. The Kier molecular flexibility index (Phi) is 6.03. The van der Waals surface area contributed by atoms with E-state index in [1.54, 1.807) is 12.1 Å². The summed E-state index contributed by atoms with van der Waals surface area (Å²) in [7, 11) is 0. The van der Waals surface area contributed by atoms with Gasteiger partial charge in [0, 0.05) is 13.0 Å². The lowest BCUT2D eigenvalue weighted by molar-refractivity contribution is -0.128. The van der Waals surface area contributed by atoms with Crippen molar-refractivity contribution in [3.63, 3.8) is 0 Å². The molecule has 0 amide bonds. The van der Waals surface area contributed by atoms with Crippen LogP contribution in [0.4, 0.5) is 4.39 Å². The molecule has 1 saturated carbocycles. The van der Waals surface area contributed by atoms with Gasteiger partial charge in [-0.3, -0.25) is 0 Å². The first-order valence-electron chi connectivity index (χ1n) is 7.83. The highest BCUT2D eigenvalue weighted by molar-refractivity contribution is 6.30. The minimum absolute atomic E-state index is 0.113. The summed E-state index contributed by atoms with van der Waals surface area (Å²) >= 11 is 5.70. The minimum atomic E-state index is -0.615. The maximum Gasteiger partial charge on any atom is 0.142 e. The summed E-state index contributed by atoms with van der Waals surface area (Å²) in [6, 6.07) is 4.71. The van der Waals surface area contributed by atoms with E-state index in [4.69, 9.17) is 16.3 Å². The Morgan fingerprint density at radius 1 is 1.29 bits per heavy atom. The molecule has 0 aliphatic heterocycles. The van der Waals surface area contributed by atoms with Crippen molar-refractivity contribution in [3.05, 3.63) is 34.6 Å². The largest absolute Gasteiger partial charge is 0.390 e. The first kappa shape index (κ1) is 16.7. The Balaban J connectivity index is 2.13. The number of aliphatic hydroxyl groups excluding tert-OH is 1. The molecule has 1 unspecified atom stereocenters. The van der Waals surface area contributed by atoms with Gasteiger partial charge in [0.1, 0.15) is 5.82 Å². The summed E-state index contributed by atoms with van der Waals surface area (Å²) in [6.45, 7) is 2.55. The molecule has 118 valence electrons. The lowest BCUT2D eigenvalue weighted by atomic mass is 9.84. The van der Waals surface area contributed by atoms with E-state index < -0.39 is 17.5 Å². The number of ether oxygens (including phenoxy) is 1. The Bertz CT molecular complexity index is 456. The molecule has 4 heteroatoms. The quantitative estimate of drug-likeness (QED) is 0.810. The van der Waals surface area contributed by atoms with E-state index in [1.165, 1.54) is 18.9 Å². The van der Waals surface area contributed by atoms with Gasteiger partial charge in [-0.1, -0.05) is 43.4 Å². The van der Waals surface area contributed by atoms with E-state index >= 15 is 0 Å². The number of hydrogen-bond donors (Lipinski definition) is 1. The van der Waals surface area contributed by atoms with Gasteiger partial charge in [-0.2, -0.15) is 0 Å². The SMILES string of the molecule is CCOC1(C(O)Cc2ccc(Cl)c(F)c2)CCCCCC1. The number of halogens is 2. The maximum absolute atomic E-state index is 13.5. The summed E-state index contributed by atoms with van der Waals surface area (Å²) in [5.41, 5.74) is 0.272. The summed E-state index contributed by atoms with van der Waals surface area (Å²) in [4.78, 5) is 0. The topological polar surface area (TPSA) is 29.5 Å². The van der Waals surface area contributed by atoms with Gasteiger partial charge in [-0.05, 0) is 37.5 Å². The van der Waals surface area contributed by atoms with Crippen molar-refractivity contribution in [2.75, 3.05) is 6.61 Å². The first-order chi connectivity index (χ1) is 10.1. The van der Waals surface area contributed by atoms with Crippen LogP contribution in [0, 0.1) is 5.82 Å². The first-order valence-corrected chi connectivity index (χ1v) is 8.21. The van der Waals surface area contributed by atoms with E-state index in [2.05, 4.69) is 0 Å². The molecular weight excluding hydrogens is 291 g/mol. The molecule has 2 nitrogen and oxygen atoms in total. The van der Waals surface area contributed by atoms with E-state index in [0.717, 1.165) is 31.2 Å². The Labute approximate surface area is 131 Å². The molecular formula is C17H24ClFO2. The number of benzene rings is 1. The summed E-state index contributed by atoms with van der Waals surface area (Å²) in [6.07, 6.45) is 6.06. The van der Waals surface area contributed by atoms with Crippen LogP contribution in [0.5, 0.6) is 0 Å². The fourth-order valence-electron chi connectivity index (χ4n) is 3.26. The average Bonchev–Trinajstić information content (AvgIpc) is 2.70. The Morgan fingerprint density at radius 2 is 1.95 bits per heavy atom. The Hall–Kier alpha value is -0.640. The van der Waals surface area contributed by atoms with Gasteiger partial charge in [0.15, 0.2) is 0 Å². The number of rotatable bonds is 5. The van der Waals surface area contributed by atoms with Crippen molar-refractivity contribution < 1.29 is 14.2 Å². The smallest absolute Gasteiger partial charge is 0.142 e. The minimum Gasteiger partial charge on any atom is -0.390 e. The second-order valence-electron chi connectivity index (χ2n) is 5.88. The highest BCUT2D eigenvalue weighted by atomic mass is 35.5. The predicted octanol–water partition coefficient (Wildman–Crippen LogP) is 4.51. The second-order valence-corrected chi connectivity index (χ2v) is 6.29. The molecule has 0 aromatic heterocycles. The van der Waals surface area contributed by atoms with Crippen LogP contribution in [-0.2, 0) is 11.2 Å². The molecule has 0 spiro atoms. The molecule has 0 heterocycles. The van der Waals surface area contributed by atoms with Crippen molar-refractivity contribution in [3.8, 4) is 0 Å². The van der Waals surface area contributed by atoms with Gasteiger partial charge in [-0.15, -0.1) is 0 Å². The third-order valence-electron chi connectivity index (χ3n) is 4.40. The highest BCUT2D eigenvalue weighted by Crippen LogP contribution is 2.35. The molecule has 1 fully saturated rings. The van der Waals surface area contributed by atoms with Crippen molar-refractivity contribution >= 4 is 11.6 Å². The predicted molar refractivity (Wildman–Crippen MR) is 83.2 cm³/mol. The van der Waals surface area contributed by atoms with Gasteiger partial charge in [0.2, 0.25) is 0 Å². The van der Waals surface area contributed by atoms with Gasteiger partial charge < -0.3 is 9.84 Å². The third kappa shape index (κ3) is 4.18. The van der Waals surface area contributed by atoms with Gasteiger partial charge in [-0.25, -0.2) is 4.39 Å². The third-order valence-corrected chi connectivity index (χ3v) is 4.71. The molecule has 21 heavy (non-hydrogen) atoms. The molecule has 2 rings (SSSR count). The maximum atomic E-state index is 13.5. The number of hydrogen-bond acceptors (Lipinski definition) is 2. The van der Waals surface area contributed by atoms with Crippen molar-refractivity contribution in [2.24, 2.45) is 0 Å². The van der Waals surface area contributed by atoms with E-state index in [0.29, 0.717) is 13.0 Å². The molecule has 1 aliphatic carbocycles. The molecule has 0 radical (unpaired) electrons. The fourth-order valence-corrected chi connectivity index (χ4v) is 3.38. The van der Waals surface area contributed by atoms with E-state index in [-0.39, 0.29) is 5.02 Å². The van der Waals surface area contributed by atoms with Crippen LogP contribution in [-0.4, -0.2) is 23.4 Å². The number of aliphatic hydroxyl groups is 1. The van der Waals surface area contributed by atoms with Crippen LogP contribution in [0.3, 0.4) is 0 Å². The summed E-state index contributed by atoms with van der Waals surface area (Å²) in [5, 5.41) is 10.8. The van der Waals surface area contributed by atoms with Crippen molar-refractivity contribution in [1.29, 1.82) is 0 Å². The average molecular weight is 315 g/mol. The summed E-state index contributed by atoms with van der Waals surface area (Å²) in [5.74, 6) is -0.437. The Morgan fingerprint density at radius 3 is 2.52 bits per heavy atom. The van der Waals surface area contributed by atoms with Crippen molar-refractivity contribution in [1.82, 2.24) is 0 Å². The van der Waals surface area contributed by atoms with Crippen LogP contribution in [0.2, 0.25) is 5.02 Å². The van der Waals surface area contributed by atoms with Crippen molar-refractivity contribution in [2.45, 2.75) is 63.6 Å². The fraction of sp³-hybridized carbons (Fsp3) is 0.647. The molecule has 0 saturated heterocycles. The van der Waals surface area contributed by atoms with Crippen LogP contribution in [0.1, 0.15) is 51.0 Å². The lowest BCUT2D eigenvalue weighted by Crippen LogP contribution is -2.46. The lowest BCUT2D eigenvalue weighted by Gasteiger charge is -2.37. The second kappa shape index (κ2) is 7.57. The van der Waals surface area contributed by atoms with Gasteiger partial charge >= 0.3 is 0 Å². The molecule has 1 N–H and O–H groups in total. The zero-order chi connectivity index (χ0) is 15.3. The van der Waals surface area contributed by atoms with Crippen LogP contribution in [0.25, 0.3) is 0 Å². The normalized spacial score (nSPS) is 20.0. The molecule has 1 atom stereocenters. The van der Waals surface area contributed by atoms with Gasteiger partial charge in [0.25, 0.3) is 0 Å². The molecule has 1 aromatic carbocycles.